The van der Waals surface area contributed by atoms with Gasteiger partial charge < -0.3 is 0 Å². The first kappa shape index (κ1) is 9.58. The third kappa shape index (κ3) is 1.66. The second-order valence-electron chi connectivity index (χ2n) is 3.28. The Morgan fingerprint density at radius 3 is 2.40 bits per heavy atom. The van der Waals surface area contributed by atoms with Gasteiger partial charge in [0.15, 0.2) is 0 Å². The van der Waals surface area contributed by atoms with Gasteiger partial charge in [0.2, 0.25) is 18.1 Å². The van der Waals surface area contributed by atoms with E-state index in [0.29, 0.717) is 11.3 Å². The van der Waals surface area contributed by atoms with Crippen LogP contribution in [-0.2, 0) is 14.4 Å². The quantitative estimate of drug-likeness (QED) is 0.666. The van der Waals surface area contributed by atoms with Crippen LogP contribution in [0.5, 0.6) is 0 Å². The van der Waals surface area contributed by atoms with Crippen molar-refractivity contribution in [2.24, 2.45) is 0 Å². The zero-order valence-electron chi connectivity index (χ0n) is 7.90. The molecule has 1 heterocycles. The molecule has 0 aliphatic carbocycles. The Morgan fingerprint density at radius 2 is 1.80 bits per heavy atom. The van der Waals surface area contributed by atoms with Gasteiger partial charge in [-0.05, 0) is 12.1 Å². The molecule has 2 amide bonds. The van der Waals surface area contributed by atoms with Crippen LogP contribution >= 0.6 is 0 Å². The lowest BCUT2D eigenvalue weighted by Crippen LogP contribution is -2.28. The van der Waals surface area contributed by atoms with Crippen LogP contribution in [0.15, 0.2) is 24.3 Å². The maximum absolute atomic E-state index is 11.4. The highest BCUT2D eigenvalue weighted by Gasteiger charge is 2.30. The number of anilines is 1. The summed E-state index contributed by atoms with van der Waals surface area (Å²) in [7, 11) is 0. The van der Waals surface area contributed by atoms with Gasteiger partial charge in [0.05, 0.1) is 5.69 Å². The third-order valence-corrected chi connectivity index (χ3v) is 2.27. The lowest BCUT2D eigenvalue weighted by Gasteiger charge is -2.13. The summed E-state index contributed by atoms with van der Waals surface area (Å²) in [5, 5.41) is 0. The van der Waals surface area contributed by atoms with Gasteiger partial charge in [-0.2, -0.15) is 0 Å². The molecule has 75 valence electrons. The Labute approximate surface area is 86.5 Å². The number of hydrogen-bond donors (Lipinski definition) is 0. The van der Waals surface area contributed by atoms with Crippen LogP contribution in [0.1, 0.15) is 18.4 Å². The zero-order valence-corrected chi connectivity index (χ0v) is 7.90. The van der Waals surface area contributed by atoms with Gasteiger partial charge >= 0.3 is 0 Å². The number of rotatable bonds is 2. The minimum atomic E-state index is -0.219. The predicted molar refractivity (Wildman–Crippen MR) is 53.0 cm³/mol. The van der Waals surface area contributed by atoms with E-state index in [-0.39, 0.29) is 24.7 Å². The number of carbonyl (C=O) groups is 2. The van der Waals surface area contributed by atoms with Crippen molar-refractivity contribution >= 4 is 23.8 Å². The van der Waals surface area contributed by atoms with Gasteiger partial charge in [0.25, 0.3) is 0 Å². The Balaban J connectivity index is 2.40. The van der Waals surface area contributed by atoms with Gasteiger partial charge in [0.1, 0.15) is 0 Å². The molecule has 0 bridgehead atoms. The molecule has 15 heavy (non-hydrogen) atoms. The van der Waals surface area contributed by atoms with Crippen molar-refractivity contribution in [2.45, 2.75) is 12.8 Å². The second-order valence-corrected chi connectivity index (χ2v) is 3.28. The average Bonchev–Trinajstić information content (AvgIpc) is 2.59. The van der Waals surface area contributed by atoms with Crippen molar-refractivity contribution in [3.8, 4) is 0 Å². The summed E-state index contributed by atoms with van der Waals surface area (Å²) in [5.41, 5.74) is 0.781. The van der Waals surface area contributed by atoms with Crippen molar-refractivity contribution in [2.75, 3.05) is 4.90 Å². The molecular weight excluding hydrogens is 194 g/mol. The maximum atomic E-state index is 11.4. The summed E-state index contributed by atoms with van der Waals surface area (Å²) in [5.74, 6) is -0.439. The summed E-state index contributed by atoms with van der Waals surface area (Å²) in [4.78, 5) is 34.3. The fourth-order valence-corrected chi connectivity index (χ4v) is 1.57. The van der Waals surface area contributed by atoms with Gasteiger partial charge in [-0.15, -0.1) is 0 Å². The molecule has 0 atom stereocenters. The number of hydrogen-bond acceptors (Lipinski definition) is 3. The van der Waals surface area contributed by atoms with E-state index in [9.17, 15) is 14.4 Å². The molecule has 0 saturated carbocycles. The topological polar surface area (TPSA) is 54.5 Å². The fourth-order valence-electron chi connectivity index (χ4n) is 1.57. The van der Waals surface area contributed by atoms with E-state index in [1.807, 2.05) is 0 Å². The number of imide groups is 1. The summed E-state index contributed by atoms with van der Waals surface area (Å²) in [6.45, 7) is 0. The molecule has 1 fully saturated rings. The Morgan fingerprint density at radius 1 is 1.13 bits per heavy atom. The standard InChI is InChI=1S/C11H8NO3/c13-7-8-2-1-3-9(6-8)12-10(14)4-5-11(12)15/h1-3,6H,4-5H2. The normalized spacial score (nSPS) is 15.9. The van der Waals surface area contributed by atoms with E-state index < -0.39 is 0 Å². The Kier molecular flexibility index (Phi) is 2.33. The first-order chi connectivity index (χ1) is 7.22. The molecule has 1 aromatic carbocycles. The number of amides is 2. The monoisotopic (exact) mass is 202 g/mol. The van der Waals surface area contributed by atoms with Crippen molar-refractivity contribution in [1.29, 1.82) is 0 Å². The largest absolute Gasteiger partial charge is 0.285 e. The van der Waals surface area contributed by atoms with Gasteiger partial charge in [-0.1, -0.05) is 12.1 Å². The Hall–Kier alpha value is -1.97. The van der Waals surface area contributed by atoms with Crippen LogP contribution in [0.3, 0.4) is 0 Å². The van der Waals surface area contributed by atoms with E-state index >= 15 is 0 Å². The van der Waals surface area contributed by atoms with Crippen LogP contribution in [0.2, 0.25) is 0 Å². The molecule has 2 rings (SSSR count). The molecule has 0 spiro atoms. The van der Waals surface area contributed by atoms with Crippen LogP contribution in [0.4, 0.5) is 5.69 Å². The summed E-state index contributed by atoms with van der Waals surface area (Å²) >= 11 is 0. The molecule has 0 unspecified atom stereocenters. The minimum absolute atomic E-state index is 0.219. The highest BCUT2D eigenvalue weighted by Crippen LogP contribution is 2.22. The van der Waals surface area contributed by atoms with Crippen LogP contribution in [0, 0.1) is 0 Å². The smallest absolute Gasteiger partial charge is 0.234 e. The molecular formula is C11H8NO3. The maximum Gasteiger partial charge on any atom is 0.234 e. The SMILES string of the molecule is O=[C]c1cccc(N2C(=O)CCC2=O)c1. The molecule has 4 heteroatoms. The fraction of sp³-hybridized carbons (Fsp3) is 0.182. The second kappa shape index (κ2) is 3.65. The molecule has 0 N–H and O–H groups in total. The highest BCUT2D eigenvalue weighted by molar-refractivity contribution is 6.19. The van der Waals surface area contributed by atoms with Crippen molar-refractivity contribution in [3.05, 3.63) is 29.8 Å². The molecule has 1 aromatic rings. The summed E-state index contributed by atoms with van der Waals surface area (Å²) in [6, 6.07) is 6.30. The van der Waals surface area contributed by atoms with E-state index in [2.05, 4.69) is 0 Å². The predicted octanol–water partition coefficient (Wildman–Crippen LogP) is 0.798. The summed E-state index contributed by atoms with van der Waals surface area (Å²) < 4.78 is 0. The van der Waals surface area contributed by atoms with Crippen LogP contribution < -0.4 is 4.90 Å². The first-order valence-electron chi connectivity index (χ1n) is 4.56. The number of benzene rings is 1. The van der Waals surface area contributed by atoms with Gasteiger partial charge in [0, 0.05) is 18.4 Å². The third-order valence-electron chi connectivity index (χ3n) is 2.27. The van der Waals surface area contributed by atoms with E-state index in [1.54, 1.807) is 24.5 Å². The first-order valence-corrected chi connectivity index (χ1v) is 4.56. The van der Waals surface area contributed by atoms with Gasteiger partial charge in [-0.25, -0.2) is 0 Å². The number of carbonyl (C=O) groups excluding carboxylic acids is 3. The molecule has 4 nitrogen and oxygen atoms in total. The minimum Gasteiger partial charge on any atom is -0.285 e. The highest BCUT2D eigenvalue weighted by atomic mass is 16.2. The van der Waals surface area contributed by atoms with Crippen LogP contribution in [0.25, 0.3) is 0 Å². The van der Waals surface area contributed by atoms with E-state index in [0.717, 1.165) is 4.90 Å². The van der Waals surface area contributed by atoms with E-state index in [1.165, 1.54) is 6.07 Å². The summed E-state index contributed by atoms with van der Waals surface area (Å²) in [6.07, 6.45) is 2.21. The van der Waals surface area contributed by atoms with E-state index in [4.69, 9.17) is 0 Å². The van der Waals surface area contributed by atoms with Gasteiger partial charge in [-0.3, -0.25) is 19.3 Å². The molecule has 1 radical (unpaired) electrons. The van der Waals surface area contributed by atoms with Crippen molar-refractivity contribution in [3.63, 3.8) is 0 Å². The lowest BCUT2D eigenvalue weighted by molar-refractivity contribution is -0.121. The van der Waals surface area contributed by atoms with Crippen molar-refractivity contribution in [1.82, 2.24) is 0 Å². The number of nitrogens with zero attached hydrogens (tertiary/aromatic N) is 1. The molecule has 0 aromatic heterocycles. The Bertz CT molecular complexity index is 423. The lowest BCUT2D eigenvalue weighted by atomic mass is 10.2. The average molecular weight is 202 g/mol. The molecule has 1 aliphatic heterocycles. The van der Waals surface area contributed by atoms with Crippen LogP contribution in [-0.4, -0.2) is 18.1 Å². The van der Waals surface area contributed by atoms with Crippen molar-refractivity contribution < 1.29 is 14.4 Å². The zero-order chi connectivity index (χ0) is 10.8. The molecule has 1 aliphatic rings. The molecule has 1 saturated heterocycles.